The third-order valence-electron chi connectivity index (χ3n) is 40.4. The van der Waals surface area contributed by atoms with Crippen LogP contribution in [-0.4, -0.2) is 203 Å². The lowest BCUT2D eigenvalue weighted by atomic mass is 9.43. The lowest BCUT2D eigenvalue weighted by Gasteiger charge is -2.63. The number of sulfone groups is 4. The number of carboxylic acids is 1. The molecule has 8 saturated carbocycles. The van der Waals surface area contributed by atoms with Crippen molar-refractivity contribution in [1.82, 2.24) is 24.9 Å². The zero-order valence-electron chi connectivity index (χ0n) is 87.5. The quantitative estimate of drug-likeness (QED) is 0.110. The van der Waals surface area contributed by atoms with Crippen LogP contribution in [0, 0.1) is 90.7 Å². The van der Waals surface area contributed by atoms with Gasteiger partial charge in [0.1, 0.15) is 28.6 Å². The van der Waals surface area contributed by atoms with E-state index in [4.69, 9.17) is 4.74 Å². The molecule has 24 nitrogen and oxygen atoms in total. The Morgan fingerprint density at radius 3 is 0.764 bits per heavy atom. The second kappa shape index (κ2) is 37.1. The van der Waals surface area contributed by atoms with Crippen molar-refractivity contribution < 1.29 is 87.9 Å². The van der Waals surface area contributed by atoms with Crippen LogP contribution in [0.5, 0.6) is 23.0 Å². The van der Waals surface area contributed by atoms with Crippen molar-refractivity contribution in [3.8, 4) is 23.0 Å². The average Bonchev–Trinajstić information content (AvgIpc) is 0.700. The minimum Gasteiger partial charge on any atom is -0.508 e. The molecule has 4 aromatic rings. The molecule has 16 aliphatic rings. The molecule has 0 bridgehead atoms. The van der Waals surface area contributed by atoms with Gasteiger partial charge in [0.05, 0.1) is 48.2 Å². The number of carboxylic acid groups (broad SMARTS) is 1. The molecule has 140 heavy (non-hydrogen) atoms. The van der Waals surface area contributed by atoms with Crippen molar-refractivity contribution in [3.63, 3.8) is 0 Å². The maximum Gasteiger partial charge on any atom is 0.410 e. The SMILES string of the molecule is CC(C)(C)OC(=O)N1CCNCC1.CC1(C)CCC[C@]2(C)[C@H]3CS(=O)(=O)c4cc(C(=O)N5CCCCC5)cc(O)c4[C@]3(C)CC[C@@H]12.CC1(C)CCC[C@]2(C)[C@H]3CS(=O)(=O)c4cc(C(=O)N5CCCCC5)cc(O)c4[C@]3(C)CC[C@@H]12.CC1(C)CCC[C@]2(C)[C@H]3CS(=O)(=O)c4cc(C(=O)N5CCCCC5)cc(O)c4[C@]3(C)CC[C@@H]12.CC1(C)CCC[C@]2(C)[C@H]3CS(=O)(=O)c4cc(C(=O)O)cc(O)c4[C@]3(C)CC[C@@H]12. The van der Waals surface area contributed by atoms with Crippen molar-refractivity contribution in [2.45, 2.75) is 365 Å². The number of amides is 4. The number of benzene rings is 4. The van der Waals surface area contributed by atoms with Crippen LogP contribution in [0.15, 0.2) is 68.1 Å². The number of ether oxygens (including phenoxy) is 1. The fourth-order valence-corrected chi connectivity index (χ4v) is 43.0. The third kappa shape index (κ3) is 18.5. The number of carbonyl (C=O) groups is 5. The lowest BCUT2D eigenvalue weighted by molar-refractivity contribution is -0.0986. The summed E-state index contributed by atoms with van der Waals surface area (Å²) < 4.78 is 114. The molecule has 16 atom stereocenters. The second-order valence-electron chi connectivity index (χ2n) is 51.8. The maximum absolute atomic E-state index is 13.7. The molecule has 0 aromatic heterocycles. The molecule has 4 aromatic carbocycles. The van der Waals surface area contributed by atoms with Gasteiger partial charge in [0.15, 0.2) is 39.3 Å². The highest BCUT2D eigenvalue weighted by Gasteiger charge is 2.68. The number of nitrogens with zero attached hydrogens (tertiary/aromatic N) is 4. The number of hydrogen-bond acceptors (Lipinski definition) is 19. The number of aromatic hydroxyl groups is 4. The third-order valence-corrected chi connectivity index (χ3v) is 47.4. The predicted octanol–water partition coefficient (Wildman–Crippen LogP) is 21.1. The van der Waals surface area contributed by atoms with E-state index in [0.717, 1.165) is 193 Å². The first-order chi connectivity index (χ1) is 65.0. The fraction of sp³-hybridized carbons (Fsp3) is 0.741. The minimum absolute atomic E-state index is 0.0132. The van der Waals surface area contributed by atoms with Gasteiger partial charge >= 0.3 is 12.1 Å². The normalized spacial score (nSPS) is 35.4. The van der Waals surface area contributed by atoms with Crippen molar-refractivity contribution in [3.05, 3.63) is 93.0 Å². The molecule has 8 aliphatic carbocycles. The monoisotopic (exact) mass is 2010 g/mol. The van der Waals surface area contributed by atoms with Gasteiger partial charge in [-0.3, -0.25) is 14.4 Å². The smallest absolute Gasteiger partial charge is 0.410 e. The number of phenolic OH excluding ortho intramolecular Hbond substituents is 4. The van der Waals surface area contributed by atoms with Gasteiger partial charge in [0.25, 0.3) is 17.7 Å². The van der Waals surface area contributed by atoms with Crippen LogP contribution in [0.3, 0.4) is 0 Å². The van der Waals surface area contributed by atoms with E-state index in [1.165, 1.54) is 49.6 Å². The average molecular weight is 2010 g/mol. The summed E-state index contributed by atoms with van der Waals surface area (Å²) in [6.07, 6.45) is 29.8. The van der Waals surface area contributed by atoms with Crippen molar-refractivity contribution in [2.75, 3.05) is 88.5 Å². The van der Waals surface area contributed by atoms with E-state index in [-0.39, 0.29) is 168 Å². The van der Waals surface area contributed by atoms with E-state index in [0.29, 0.717) is 102 Å². The molecule has 4 saturated heterocycles. The van der Waals surface area contributed by atoms with Crippen LogP contribution >= 0.6 is 0 Å². The van der Waals surface area contributed by atoms with Gasteiger partial charge in [-0.05, 0) is 320 Å². The van der Waals surface area contributed by atoms with Gasteiger partial charge in [-0.1, -0.05) is 136 Å². The highest BCUT2D eigenvalue weighted by Crippen LogP contribution is 2.73. The molecule has 4 amide bonds. The van der Waals surface area contributed by atoms with Crippen LogP contribution in [0.4, 0.5) is 4.79 Å². The van der Waals surface area contributed by atoms with Crippen LogP contribution in [0.1, 0.15) is 381 Å². The summed E-state index contributed by atoms with van der Waals surface area (Å²) >= 11 is 0. The number of piperazine rings is 1. The molecule has 0 radical (unpaired) electrons. The summed E-state index contributed by atoms with van der Waals surface area (Å²) in [5.41, 5.74) is 1.23. The second-order valence-corrected chi connectivity index (χ2v) is 59.8. The first-order valence-electron chi connectivity index (χ1n) is 53.2. The Morgan fingerprint density at radius 1 is 0.307 bits per heavy atom. The van der Waals surface area contributed by atoms with Crippen molar-refractivity contribution in [2.24, 2.45) is 90.7 Å². The maximum atomic E-state index is 13.7. The van der Waals surface area contributed by atoms with Gasteiger partial charge in [-0.15, -0.1) is 0 Å². The van der Waals surface area contributed by atoms with Gasteiger partial charge in [0, 0.05) is 126 Å². The van der Waals surface area contributed by atoms with Gasteiger partial charge in [0.2, 0.25) is 0 Å². The Hall–Kier alpha value is -7.01. The molecule has 12 fully saturated rings. The van der Waals surface area contributed by atoms with E-state index in [1.54, 1.807) is 37.8 Å². The van der Waals surface area contributed by atoms with E-state index >= 15 is 0 Å². The Kier molecular flexibility index (Phi) is 28.1. The number of hydrogen-bond donors (Lipinski definition) is 6. The Labute approximate surface area is 836 Å². The molecular weight excluding hydrogens is 1850 g/mol. The molecule has 20 rings (SSSR count). The number of nitrogens with one attached hydrogen (secondary N) is 1. The lowest BCUT2D eigenvalue weighted by Crippen LogP contribution is -2.59. The largest absolute Gasteiger partial charge is 0.508 e. The number of carbonyl (C=O) groups excluding carboxylic acids is 4. The van der Waals surface area contributed by atoms with E-state index in [2.05, 4.69) is 116 Å². The predicted molar refractivity (Wildman–Crippen MR) is 545 cm³/mol. The minimum atomic E-state index is -3.68. The molecule has 8 heterocycles. The first-order valence-corrected chi connectivity index (χ1v) is 59.8. The van der Waals surface area contributed by atoms with Crippen LogP contribution in [-0.2, 0) is 65.7 Å². The van der Waals surface area contributed by atoms with Crippen LogP contribution in [0.25, 0.3) is 0 Å². The molecule has 8 aliphatic heterocycles. The summed E-state index contributed by atoms with van der Waals surface area (Å²) in [5, 5.41) is 57.1. The summed E-state index contributed by atoms with van der Waals surface area (Å²) in [5.74, 6) is 0.114. The van der Waals surface area contributed by atoms with Crippen LogP contribution in [0.2, 0.25) is 0 Å². The molecule has 6 N–H and O–H groups in total. The highest BCUT2D eigenvalue weighted by molar-refractivity contribution is 7.92. The van der Waals surface area contributed by atoms with Crippen LogP contribution < -0.4 is 5.32 Å². The molecule has 0 unspecified atom stereocenters. The van der Waals surface area contributed by atoms with Crippen molar-refractivity contribution in [1.29, 1.82) is 0 Å². The summed E-state index contributed by atoms with van der Waals surface area (Å²) in [7, 11) is -14.5. The van der Waals surface area contributed by atoms with E-state index in [1.807, 2.05) is 20.8 Å². The standard InChI is InChI=1S/3C27H39NO4S.C22H30O5S.C9H18N2O2/c3*1-25(2)10-8-11-26(3)21(25)9-12-27(4)22(26)17-33(31,32)20-16-18(15-19(29)23(20)27)24(30)28-13-6-5-7-14-28;1-20(2)7-5-8-21(3)16(20)6-9-22(4)17(21)12-28(26,27)15-11-13(19(24)25)10-14(23)18(15)22;1-9(2,3)13-8(12)11-6-4-10-5-7-11/h3*15-16,21-22,29H,5-14,17H2,1-4H3;10-11,16-17,23H,5-9,12H2,1-4H3,(H,24,25);10H,4-7H2,1-3H3/t3*21-,22+,26-,27+;16-,17+,21-,22+;/m0000./s1. The van der Waals surface area contributed by atoms with E-state index < -0.39 is 67.0 Å². The zero-order chi connectivity index (χ0) is 102. The molecule has 0 spiro atoms. The summed E-state index contributed by atoms with van der Waals surface area (Å²) in [6, 6.07) is 11.8. The molecule has 776 valence electrons. The topological polar surface area (TPSA) is 357 Å². The Morgan fingerprint density at radius 2 is 0.536 bits per heavy atom. The number of likely N-dealkylation sites (tertiary alicyclic amines) is 3. The Balaban J connectivity index is 0.000000129. The molecular formula is C112H165N5O19S4. The molecule has 28 heteroatoms. The Bertz CT molecular complexity index is 5580. The summed E-state index contributed by atoms with van der Waals surface area (Å²) in [4.78, 5) is 70.0. The number of phenols is 4. The number of rotatable bonds is 4. The van der Waals surface area contributed by atoms with Gasteiger partial charge in [-0.25, -0.2) is 43.3 Å². The van der Waals surface area contributed by atoms with E-state index in [9.17, 15) is 83.2 Å². The summed E-state index contributed by atoms with van der Waals surface area (Å²) in [6.45, 7) is 49.5. The zero-order valence-corrected chi connectivity index (χ0v) is 90.8. The van der Waals surface area contributed by atoms with Gasteiger partial charge in [-0.2, -0.15) is 0 Å². The fourth-order valence-electron chi connectivity index (χ4n) is 33.7. The number of fused-ring (bicyclic) bond motifs is 20. The highest BCUT2D eigenvalue weighted by atomic mass is 32.2. The number of piperidine rings is 3. The number of aromatic carboxylic acids is 1. The van der Waals surface area contributed by atoms with Gasteiger partial charge < -0.3 is 55.2 Å². The first kappa shape index (κ1) is 106. The van der Waals surface area contributed by atoms with Crippen molar-refractivity contribution >= 4 is 69.1 Å².